The predicted molar refractivity (Wildman–Crippen MR) is 88.2 cm³/mol. The highest BCUT2D eigenvalue weighted by Crippen LogP contribution is 2.25. The average molecular weight is 334 g/mol. The Morgan fingerprint density at radius 2 is 1.79 bits per heavy atom. The lowest BCUT2D eigenvalue weighted by molar-refractivity contribution is -0.138. The van der Waals surface area contributed by atoms with E-state index >= 15 is 0 Å². The van der Waals surface area contributed by atoms with Crippen LogP contribution in [0.5, 0.6) is 0 Å². The number of amides is 3. The van der Waals surface area contributed by atoms with Crippen LogP contribution in [0.4, 0.5) is 4.79 Å². The molecule has 0 aromatic carbocycles. The number of hydrogen-bond acceptors (Lipinski definition) is 4. The summed E-state index contributed by atoms with van der Waals surface area (Å²) in [6.45, 7) is 6.36. The van der Waals surface area contributed by atoms with Crippen molar-refractivity contribution < 1.29 is 9.59 Å². The second-order valence-electron chi connectivity index (χ2n) is 6.85. The Labute approximate surface area is 142 Å². The van der Waals surface area contributed by atoms with E-state index in [4.69, 9.17) is 5.73 Å². The molecule has 2 aliphatic rings. The van der Waals surface area contributed by atoms with Crippen molar-refractivity contribution in [3.8, 4) is 0 Å². The van der Waals surface area contributed by atoms with Crippen LogP contribution >= 0.6 is 0 Å². The molecular formula is C16H26N6O2. The Bertz CT molecular complexity index is 628. The van der Waals surface area contributed by atoms with E-state index in [9.17, 15) is 9.59 Å². The largest absolute Gasteiger partial charge is 0.351 e. The first-order valence-corrected chi connectivity index (χ1v) is 8.68. The molecule has 2 saturated heterocycles. The third kappa shape index (κ3) is 3.37. The van der Waals surface area contributed by atoms with Crippen LogP contribution in [0.15, 0.2) is 0 Å². The van der Waals surface area contributed by atoms with E-state index < -0.39 is 6.03 Å². The van der Waals surface area contributed by atoms with Gasteiger partial charge in [-0.05, 0) is 39.5 Å². The summed E-state index contributed by atoms with van der Waals surface area (Å²) >= 11 is 0. The topological polar surface area (TPSA) is 97.4 Å². The van der Waals surface area contributed by atoms with Crippen molar-refractivity contribution >= 4 is 11.9 Å². The Morgan fingerprint density at radius 3 is 2.46 bits per heavy atom. The number of aryl methyl sites for hydroxylation is 2. The fourth-order valence-electron chi connectivity index (χ4n) is 3.87. The normalized spacial score (nSPS) is 24.9. The van der Waals surface area contributed by atoms with Crippen molar-refractivity contribution in [2.45, 2.75) is 45.6 Å². The third-order valence-corrected chi connectivity index (χ3v) is 5.04. The van der Waals surface area contributed by atoms with Crippen LogP contribution in [-0.4, -0.2) is 62.7 Å². The zero-order valence-electron chi connectivity index (χ0n) is 14.4. The number of nitrogens with zero attached hydrogens (tertiary/aromatic N) is 5. The van der Waals surface area contributed by atoms with Gasteiger partial charge in [-0.1, -0.05) is 0 Å². The van der Waals surface area contributed by atoms with Crippen molar-refractivity contribution in [3.63, 3.8) is 0 Å². The number of rotatable bonds is 2. The van der Waals surface area contributed by atoms with Crippen molar-refractivity contribution in [2.24, 2.45) is 11.7 Å². The van der Waals surface area contributed by atoms with E-state index in [1.807, 2.05) is 23.4 Å². The minimum absolute atomic E-state index is 0.136. The molecule has 8 nitrogen and oxygen atoms in total. The zero-order chi connectivity index (χ0) is 17.3. The maximum Gasteiger partial charge on any atom is 0.314 e. The standard InChI is InChI=1S/C16H26N6O2/c1-11-18-12(2)22(19-11)14-6-4-7-20(10-14)15(23)13-5-3-8-21(9-13)16(17)24/h13-14H,3-10H2,1-2H3,(H2,17,24)/t13-,14+/m1/s1. The Kier molecular flexibility index (Phi) is 4.73. The third-order valence-electron chi connectivity index (χ3n) is 5.04. The number of urea groups is 1. The molecule has 24 heavy (non-hydrogen) atoms. The van der Waals surface area contributed by atoms with E-state index in [2.05, 4.69) is 10.1 Å². The highest BCUT2D eigenvalue weighted by atomic mass is 16.2. The smallest absolute Gasteiger partial charge is 0.314 e. The van der Waals surface area contributed by atoms with Gasteiger partial charge in [-0.3, -0.25) is 4.79 Å². The number of nitrogens with two attached hydrogens (primary N) is 1. The lowest BCUT2D eigenvalue weighted by atomic mass is 9.95. The molecule has 1 aromatic rings. The van der Waals surface area contributed by atoms with Gasteiger partial charge in [0.2, 0.25) is 5.91 Å². The molecule has 0 bridgehead atoms. The van der Waals surface area contributed by atoms with E-state index in [-0.39, 0.29) is 17.9 Å². The maximum absolute atomic E-state index is 12.9. The Balaban J connectivity index is 1.67. The SMILES string of the molecule is Cc1nc(C)n([C@H]2CCCN(C(=O)[C@@H]3CCCN(C(N)=O)C3)C2)n1. The monoisotopic (exact) mass is 334 g/mol. The minimum Gasteiger partial charge on any atom is -0.351 e. The first-order chi connectivity index (χ1) is 11.5. The number of carbonyl (C=O) groups is 2. The van der Waals surface area contributed by atoms with E-state index in [1.54, 1.807) is 4.90 Å². The second-order valence-corrected chi connectivity index (χ2v) is 6.85. The van der Waals surface area contributed by atoms with Gasteiger partial charge < -0.3 is 15.5 Å². The molecule has 3 rings (SSSR count). The van der Waals surface area contributed by atoms with Gasteiger partial charge in [-0.25, -0.2) is 14.5 Å². The van der Waals surface area contributed by atoms with E-state index in [1.165, 1.54) is 0 Å². The fourth-order valence-corrected chi connectivity index (χ4v) is 3.87. The molecule has 2 N–H and O–H groups in total. The van der Waals surface area contributed by atoms with Gasteiger partial charge in [0.25, 0.3) is 0 Å². The number of aromatic nitrogens is 3. The lowest BCUT2D eigenvalue weighted by Gasteiger charge is -2.38. The molecule has 0 saturated carbocycles. The number of carbonyl (C=O) groups excluding carboxylic acids is 2. The summed E-state index contributed by atoms with van der Waals surface area (Å²) in [4.78, 5) is 32.1. The van der Waals surface area contributed by atoms with Crippen LogP contribution in [-0.2, 0) is 4.79 Å². The maximum atomic E-state index is 12.9. The van der Waals surface area contributed by atoms with Gasteiger partial charge in [-0.15, -0.1) is 0 Å². The number of hydrogen-bond donors (Lipinski definition) is 1. The zero-order valence-corrected chi connectivity index (χ0v) is 14.4. The number of primary amides is 1. The molecule has 3 amide bonds. The Hall–Kier alpha value is -2.12. The molecule has 0 radical (unpaired) electrons. The summed E-state index contributed by atoms with van der Waals surface area (Å²) in [7, 11) is 0. The average Bonchev–Trinajstić information content (AvgIpc) is 2.93. The molecule has 3 heterocycles. The van der Waals surface area contributed by atoms with Gasteiger partial charge in [0, 0.05) is 26.2 Å². The van der Waals surface area contributed by atoms with Crippen LogP contribution in [0.25, 0.3) is 0 Å². The molecule has 8 heteroatoms. The van der Waals surface area contributed by atoms with E-state index in [0.29, 0.717) is 19.6 Å². The second kappa shape index (κ2) is 6.78. The molecule has 132 valence electrons. The molecular weight excluding hydrogens is 308 g/mol. The van der Waals surface area contributed by atoms with Crippen LogP contribution in [0.2, 0.25) is 0 Å². The number of likely N-dealkylation sites (tertiary alicyclic amines) is 2. The van der Waals surface area contributed by atoms with Crippen molar-refractivity contribution in [3.05, 3.63) is 11.6 Å². The fraction of sp³-hybridized carbons (Fsp3) is 0.750. The quantitative estimate of drug-likeness (QED) is 0.867. The predicted octanol–water partition coefficient (Wildman–Crippen LogP) is 0.849. The molecule has 0 unspecified atom stereocenters. The first-order valence-electron chi connectivity index (χ1n) is 8.68. The highest BCUT2D eigenvalue weighted by Gasteiger charge is 2.33. The van der Waals surface area contributed by atoms with Crippen LogP contribution < -0.4 is 5.73 Å². The molecule has 2 fully saturated rings. The summed E-state index contributed by atoms with van der Waals surface area (Å²) in [5, 5.41) is 4.47. The highest BCUT2D eigenvalue weighted by molar-refractivity contribution is 5.80. The first kappa shape index (κ1) is 16.7. The van der Waals surface area contributed by atoms with Gasteiger partial charge in [0.05, 0.1) is 12.0 Å². The molecule has 0 spiro atoms. The summed E-state index contributed by atoms with van der Waals surface area (Å²) < 4.78 is 1.95. The van der Waals surface area contributed by atoms with Crippen LogP contribution in [0, 0.1) is 19.8 Å². The molecule has 1 aromatic heterocycles. The molecule has 2 aliphatic heterocycles. The molecule has 2 atom stereocenters. The van der Waals surface area contributed by atoms with Crippen molar-refractivity contribution in [1.29, 1.82) is 0 Å². The number of piperidine rings is 2. The summed E-state index contributed by atoms with van der Waals surface area (Å²) in [5.41, 5.74) is 5.37. The summed E-state index contributed by atoms with van der Waals surface area (Å²) in [5.74, 6) is 1.66. The summed E-state index contributed by atoms with van der Waals surface area (Å²) in [6.07, 6.45) is 3.62. The lowest BCUT2D eigenvalue weighted by Crippen LogP contribution is -2.50. The van der Waals surface area contributed by atoms with Gasteiger partial charge in [0.1, 0.15) is 11.6 Å². The minimum atomic E-state index is -0.433. The van der Waals surface area contributed by atoms with Gasteiger partial charge >= 0.3 is 6.03 Å². The van der Waals surface area contributed by atoms with E-state index in [0.717, 1.165) is 43.9 Å². The summed E-state index contributed by atoms with van der Waals surface area (Å²) in [6, 6.07) is -0.252. The van der Waals surface area contributed by atoms with Crippen molar-refractivity contribution in [2.75, 3.05) is 26.2 Å². The van der Waals surface area contributed by atoms with Crippen LogP contribution in [0.1, 0.15) is 43.4 Å². The molecule has 0 aliphatic carbocycles. The van der Waals surface area contributed by atoms with Gasteiger partial charge in [-0.2, -0.15) is 5.10 Å². The Morgan fingerprint density at radius 1 is 1.08 bits per heavy atom. The van der Waals surface area contributed by atoms with Gasteiger partial charge in [0.15, 0.2) is 0 Å². The van der Waals surface area contributed by atoms with Crippen molar-refractivity contribution in [1.82, 2.24) is 24.6 Å². The van der Waals surface area contributed by atoms with Crippen LogP contribution in [0.3, 0.4) is 0 Å².